The van der Waals surface area contributed by atoms with E-state index in [-0.39, 0.29) is 17.1 Å². The van der Waals surface area contributed by atoms with Crippen molar-refractivity contribution in [3.63, 3.8) is 0 Å². The summed E-state index contributed by atoms with van der Waals surface area (Å²) >= 11 is 3.04. The first-order valence-corrected chi connectivity index (χ1v) is 7.91. The van der Waals surface area contributed by atoms with Crippen molar-refractivity contribution in [2.45, 2.75) is 5.37 Å². The standard InChI is InChI=1S/C14H12FNOS2/c15-11-5-2-1-4-10(11)14-16(7-9-19-14)13(17)12-6-3-8-18-12/h1-6,8,14H,7,9H2/t14-/m0/s1. The molecule has 5 heteroatoms. The van der Waals surface area contributed by atoms with E-state index in [9.17, 15) is 9.18 Å². The molecule has 1 aliphatic rings. The molecule has 19 heavy (non-hydrogen) atoms. The summed E-state index contributed by atoms with van der Waals surface area (Å²) in [5.74, 6) is 0.593. The Morgan fingerprint density at radius 3 is 2.84 bits per heavy atom. The number of amides is 1. The fourth-order valence-corrected chi connectivity index (χ4v) is 4.11. The minimum Gasteiger partial charge on any atom is -0.321 e. The van der Waals surface area contributed by atoms with Gasteiger partial charge in [-0.15, -0.1) is 23.1 Å². The van der Waals surface area contributed by atoms with Crippen molar-refractivity contribution in [1.29, 1.82) is 0 Å². The van der Waals surface area contributed by atoms with Crippen LogP contribution >= 0.6 is 23.1 Å². The predicted molar refractivity (Wildman–Crippen MR) is 77.0 cm³/mol. The first-order chi connectivity index (χ1) is 9.27. The second-order valence-electron chi connectivity index (χ2n) is 4.22. The molecule has 0 unspecified atom stereocenters. The Hall–Kier alpha value is -1.33. The number of nitrogens with zero attached hydrogens (tertiary/aromatic N) is 1. The van der Waals surface area contributed by atoms with Crippen LogP contribution in [-0.2, 0) is 0 Å². The summed E-state index contributed by atoms with van der Waals surface area (Å²) in [6.07, 6.45) is 0. The third-order valence-corrected chi connectivity index (χ3v) is 5.16. The van der Waals surface area contributed by atoms with Crippen LogP contribution in [0.25, 0.3) is 0 Å². The highest BCUT2D eigenvalue weighted by Crippen LogP contribution is 2.39. The number of hydrogen-bond acceptors (Lipinski definition) is 3. The number of thiophene rings is 1. The molecular weight excluding hydrogens is 281 g/mol. The Labute approximate surface area is 119 Å². The highest BCUT2D eigenvalue weighted by molar-refractivity contribution is 7.99. The fourth-order valence-electron chi connectivity index (χ4n) is 2.15. The van der Waals surface area contributed by atoms with Crippen molar-refractivity contribution in [3.05, 3.63) is 58.0 Å². The summed E-state index contributed by atoms with van der Waals surface area (Å²) in [5.41, 5.74) is 0.593. The average molecular weight is 293 g/mol. The molecule has 1 aromatic heterocycles. The van der Waals surface area contributed by atoms with Crippen molar-refractivity contribution in [3.8, 4) is 0 Å². The quantitative estimate of drug-likeness (QED) is 0.840. The molecule has 0 radical (unpaired) electrons. The number of rotatable bonds is 2. The van der Waals surface area contributed by atoms with Crippen LogP contribution in [-0.4, -0.2) is 23.1 Å². The monoisotopic (exact) mass is 293 g/mol. The maximum Gasteiger partial charge on any atom is 0.265 e. The highest BCUT2D eigenvalue weighted by atomic mass is 32.2. The maximum absolute atomic E-state index is 13.9. The lowest BCUT2D eigenvalue weighted by atomic mass is 10.2. The molecule has 1 aliphatic heterocycles. The summed E-state index contributed by atoms with van der Waals surface area (Å²) in [5, 5.41) is 1.67. The normalized spacial score (nSPS) is 18.8. The van der Waals surface area contributed by atoms with Gasteiger partial charge in [0.05, 0.1) is 4.88 Å². The van der Waals surface area contributed by atoms with Crippen molar-refractivity contribution >= 4 is 29.0 Å². The number of hydrogen-bond donors (Lipinski definition) is 0. The molecule has 1 fully saturated rings. The molecule has 2 nitrogen and oxygen atoms in total. The van der Waals surface area contributed by atoms with E-state index < -0.39 is 0 Å². The number of benzene rings is 1. The molecule has 1 atom stereocenters. The SMILES string of the molecule is O=C(c1cccs1)N1CCS[C@H]1c1ccccc1F. The van der Waals surface area contributed by atoms with Crippen molar-refractivity contribution < 1.29 is 9.18 Å². The molecule has 0 aliphatic carbocycles. The molecule has 98 valence electrons. The molecule has 2 heterocycles. The van der Waals surface area contributed by atoms with Gasteiger partial charge >= 0.3 is 0 Å². The first-order valence-electron chi connectivity index (χ1n) is 5.98. The predicted octanol–water partition coefficient (Wildman–Crippen LogP) is 3.78. The third kappa shape index (κ3) is 2.40. The molecule has 0 N–H and O–H groups in total. The van der Waals surface area contributed by atoms with Gasteiger partial charge in [-0.2, -0.15) is 0 Å². The van der Waals surface area contributed by atoms with E-state index in [4.69, 9.17) is 0 Å². The Kier molecular flexibility index (Phi) is 3.57. The van der Waals surface area contributed by atoms with E-state index in [1.54, 1.807) is 28.8 Å². The van der Waals surface area contributed by atoms with Crippen LogP contribution in [0.2, 0.25) is 0 Å². The largest absolute Gasteiger partial charge is 0.321 e. The Bertz CT molecular complexity index is 585. The Morgan fingerprint density at radius 1 is 1.26 bits per heavy atom. The van der Waals surface area contributed by atoms with Gasteiger partial charge in [-0.3, -0.25) is 4.79 Å². The third-order valence-electron chi connectivity index (χ3n) is 3.06. The molecule has 1 aromatic carbocycles. The van der Waals surface area contributed by atoms with Crippen molar-refractivity contribution in [2.24, 2.45) is 0 Å². The fraction of sp³-hybridized carbons (Fsp3) is 0.214. The lowest BCUT2D eigenvalue weighted by Crippen LogP contribution is -2.30. The van der Waals surface area contributed by atoms with E-state index in [2.05, 4.69) is 0 Å². The summed E-state index contributed by atoms with van der Waals surface area (Å²) < 4.78 is 13.9. The zero-order valence-corrected chi connectivity index (χ0v) is 11.7. The topological polar surface area (TPSA) is 20.3 Å². The Balaban J connectivity index is 1.90. The first kappa shape index (κ1) is 12.7. The molecule has 0 saturated carbocycles. The molecule has 3 rings (SSSR count). The van der Waals surface area contributed by atoms with Crippen LogP contribution in [0.1, 0.15) is 20.6 Å². The van der Waals surface area contributed by atoms with Crippen LogP contribution in [0, 0.1) is 5.82 Å². The van der Waals surface area contributed by atoms with E-state index in [0.29, 0.717) is 17.0 Å². The molecule has 2 aromatic rings. The van der Waals surface area contributed by atoms with E-state index in [0.717, 1.165) is 5.75 Å². The van der Waals surface area contributed by atoms with Gasteiger partial charge in [0.2, 0.25) is 0 Å². The second kappa shape index (κ2) is 5.35. The molecule has 0 bridgehead atoms. The number of halogens is 1. The minimum atomic E-state index is -0.245. The second-order valence-corrected chi connectivity index (χ2v) is 6.36. The van der Waals surface area contributed by atoms with Gasteiger partial charge in [-0.25, -0.2) is 4.39 Å². The smallest absolute Gasteiger partial charge is 0.265 e. The van der Waals surface area contributed by atoms with Gasteiger partial charge in [0.25, 0.3) is 5.91 Å². The maximum atomic E-state index is 13.9. The Morgan fingerprint density at radius 2 is 2.11 bits per heavy atom. The van der Waals surface area contributed by atoms with Crippen LogP contribution in [0.15, 0.2) is 41.8 Å². The van der Waals surface area contributed by atoms with E-state index in [1.165, 1.54) is 17.4 Å². The summed E-state index contributed by atoms with van der Waals surface area (Å²) in [6, 6.07) is 10.4. The van der Waals surface area contributed by atoms with Crippen molar-refractivity contribution in [1.82, 2.24) is 4.90 Å². The van der Waals surface area contributed by atoms with Crippen LogP contribution in [0.5, 0.6) is 0 Å². The van der Waals surface area contributed by atoms with E-state index in [1.807, 2.05) is 23.6 Å². The number of carbonyl (C=O) groups excluding carboxylic acids is 1. The lowest BCUT2D eigenvalue weighted by Gasteiger charge is -2.23. The van der Waals surface area contributed by atoms with Gasteiger partial charge in [0, 0.05) is 17.9 Å². The summed E-state index contributed by atoms with van der Waals surface area (Å²) in [7, 11) is 0. The summed E-state index contributed by atoms with van der Waals surface area (Å²) in [6.45, 7) is 0.667. The highest BCUT2D eigenvalue weighted by Gasteiger charge is 2.33. The zero-order valence-electron chi connectivity index (χ0n) is 10.1. The lowest BCUT2D eigenvalue weighted by molar-refractivity contribution is 0.0764. The zero-order chi connectivity index (χ0) is 13.2. The minimum absolute atomic E-state index is 0.00625. The van der Waals surface area contributed by atoms with E-state index >= 15 is 0 Å². The molecular formula is C14H12FNOS2. The molecule has 1 saturated heterocycles. The molecule has 1 amide bonds. The van der Waals surface area contributed by atoms with Gasteiger partial charge in [-0.05, 0) is 17.5 Å². The molecule has 0 spiro atoms. The van der Waals surface area contributed by atoms with Crippen LogP contribution in [0.4, 0.5) is 4.39 Å². The van der Waals surface area contributed by atoms with Crippen molar-refractivity contribution in [2.75, 3.05) is 12.3 Å². The number of carbonyl (C=O) groups is 1. The van der Waals surface area contributed by atoms with Gasteiger partial charge in [0.1, 0.15) is 11.2 Å². The van der Waals surface area contributed by atoms with Gasteiger partial charge < -0.3 is 4.90 Å². The van der Waals surface area contributed by atoms with Gasteiger partial charge in [0.15, 0.2) is 0 Å². The van der Waals surface area contributed by atoms with Crippen LogP contribution < -0.4 is 0 Å². The average Bonchev–Trinajstić information content (AvgIpc) is 3.10. The summed E-state index contributed by atoms with van der Waals surface area (Å²) in [4.78, 5) is 14.9. The number of thioether (sulfide) groups is 1. The van der Waals surface area contributed by atoms with Crippen LogP contribution in [0.3, 0.4) is 0 Å². The van der Waals surface area contributed by atoms with Gasteiger partial charge in [-0.1, -0.05) is 24.3 Å².